The minimum Gasteiger partial charge on any atom is -0.507 e. The molecule has 1 aliphatic rings. The van der Waals surface area contributed by atoms with Crippen molar-refractivity contribution in [3.63, 3.8) is 0 Å². The van der Waals surface area contributed by atoms with Crippen LogP contribution in [0.2, 0.25) is 0 Å². The largest absolute Gasteiger partial charge is 0.507 e. The van der Waals surface area contributed by atoms with Crippen LogP contribution < -0.4 is 0 Å². The molecule has 0 aromatic heterocycles. The molecule has 4 heteroatoms. The zero-order chi connectivity index (χ0) is 42.7. The number of nitrogens with zero attached hydrogens (tertiary/aromatic N) is 2. The predicted octanol–water partition coefficient (Wildman–Crippen LogP) is 13.3. The molecule has 60 heavy (non-hydrogen) atoms. The van der Waals surface area contributed by atoms with Gasteiger partial charge >= 0.3 is 0 Å². The summed E-state index contributed by atoms with van der Waals surface area (Å²) in [5.41, 5.74) is 8.52. The Morgan fingerprint density at radius 3 is 0.983 bits per heavy atom. The minimum absolute atomic E-state index is 0.0721. The monoisotopic (exact) mass is 794 g/mol. The molecule has 0 bridgehead atoms. The van der Waals surface area contributed by atoms with Gasteiger partial charge in [-0.2, -0.15) is 0 Å². The van der Waals surface area contributed by atoms with Crippen LogP contribution in [0.1, 0.15) is 137 Å². The number of phenols is 2. The maximum absolute atomic E-state index is 12.1. The third kappa shape index (κ3) is 8.48. The summed E-state index contributed by atoms with van der Waals surface area (Å²) in [7, 11) is 0. The normalized spacial score (nSPS) is 16.7. The van der Waals surface area contributed by atoms with E-state index in [1.54, 1.807) is 0 Å². The van der Waals surface area contributed by atoms with Gasteiger partial charge in [-0.3, -0.25) is 9.98 Å². The van der Waals surface area contributed by atoms with E-state index >= 15 is 0 Å². The van der Waals surface area contributed by atoms with Crippen LogP contribution in [0.4, 0.5) is 0 Å². The topological polar surface area (TPSA) is 65.2 Å². The fraction of sp³-hybridized carbons (Fsp3) is 0.321. The minimum atomic E-state index is -0.464. The summed E-state index contributed by atoms with van der Waals surface area (Å²) in [5, 5.41) is 24.2. The van der Waals surface area contributed by atoms with E-state index < -0.39 is 10.8 Å². The lowest BCUT2D eigenvalue weighted by Gasteiger charge is -2.32. The molecule has 1 aliphatic carbocycles. The molecule has 0 amide bonds. The standard InChI is InChI=1S/C56H62N2O2/c1-53(2,41-23-13-9-14-24-41)45-33-39(51(59)47(35-45)55(5,6)43-27-17-11-18-28-43)37-57-49-31-21-22-32-50(49)58-38-40-34-46(54(3,4)42-25-15-10-16-26-42)36-48(52(40)60)56(7,8)44-29-19-12-20-30-44/h9-20,23-30,33-38,49-50,59-60H,21-22,31-32H2,1-8H3/t49-,50-/m1/s1. The highest BCUT2D eigenvalue weighted by Gasteiger charge is 2.34. The number of phenolic OH excluding ortho intramolecular Hbond substituents is 2. The van der Waals surface area contributed by atoms with Gasteiger partial charge in [-0.1, -0.05) is 202 Å². The molecule has 1 fully saturated rings. The van der Waals surface area contributed by atoms with Crippen LogP contribution in [-0.2, 0) is 21.7 Å². The fourth-order valence-corrected chi connectivity index (χ4v) is 9.04. The van der Waals surface area contributed by atoms with E-state index in [4.69, 9.17) is 9.98 Å². The van der Waals surface area contributed by atoms with E-state index in [9.17, 15) is 10.2 Å². The number of rotatable bonds is 12. The molecular weight excluding hydrogens is 733 g/mol. The van der Waals surface area contributed by atoms with E-state index in [1.165, 1.54) is 11.1 Å². The second-order valence-electron chi connectivity index (χ2n) is 18.9. The molecule has 6 aromatic rings. The van der Waals surface area contributed by atoms with Crippen molar-refractivity contribution in [1.82, 2.24) is 0 Å². The number of aromatic hydroxyl groups is 2. The molecule has 0 aliphatic heterocycles. The van der Waals surface area contributed by atoms with Gasteiger partial charge in [-0.05, 0) is 58.4 Å². The van der Waals surface area contributed by atoms with Crippen LogP contribution in [0.15, 0.2) is 156 Å². The molecule has 4 nitrogen and oxygen atoms in total. The fourth-order valence-electron chi connectivity index (χ4n) is 9.04. The zero-order valence-corrected chi connectivity index (χ0v) is 36.8. The van der Waals surface area contributed by atoms with Gasteiger partial charge in [0.1, 0.15) is 11.5 Å². The number of hydrogen-bond donors (Lipinski definition) is 2. The molecule has 1 saturated carbocycles. The lowest BCUT2D eigenvalue weighted by atomic mass is 9.72. The Morgan fingerprint density at radius 2 is 0.683 bits per heavy atom. The highest BCUT2D eigenvalue weighted by Crippen LogP contribution is 2.44. The molecule has 0 heterocycles. The summed E-state index contributed by atoms with van der Waals surface area (Å²) in [6, 6.07) is 50.4. The lowest BCUT2D eigenvalue weighted by molar-refractivity contribution is 0.390. The van der Waals surface area contributed by atoms with Crippen molar-refractivity contribution < 1.29 is 10.2 Å². The van der Waals surface area contributed by atoms with Gasteiger partial charge in [0, 0.05) is 56.3 Å². The molecule has 7 rings (SSSR count). The second-order valence-corrected chi connectivity index (χ2v) is 18.9. The summed E-state index contributed by atoms with van der Waals surface area (Å²) >= 11 is 0. The molecular formula is C56H62N2O2. The number of benzene rings is 6. The molecule has 6 aromatic carbocycles. The van der Waals surface area contributed by atoms with Crippen molar-refractivity contribution in [3.05, 3.63) is 201 Å². The highest BCUT2D eigenvalue weighted by molar-refractivity contribution is 5.87. The second kappa shape index (κ2) is 17.1. The summed E-state index contributed by atoms with van der Waals surface area (Å²) in [4.78, 5) is 10.5. The zero-order valence-electron chi connectivity index (χ0n) is 36.8. The third-order valence-corrected chi connectivity index (χ3v) is 13.6. The molecule has 2 N–H and O–H groups in total. The van der Waals surface area contributed by atoms with Gasteiger partial charge in [0.25, 0.3) is 0 Å². The van der Waals surface area contributed by atoms with Crippen molar-refractivity contribution in [1.29, 1.82) is 0 Å². The van der Waals surface area contributed by atoms with Crippen LogP contribution in [-0.4, -0.2) is 34.7 Å². The van der Waals surface area contributed by atoms with Crippen LogP contribution in [0.3, 0.4) is 0 Å². The van der Waals surface area contributed by atoms with Crippen molar-refractivity contribution in [2.75, 3.05) is 0 Å². The maximum Gasteiger partial charge on any atom is 0.128 e. The smallest absolute Gasteiger partial charge is 0.128 e. The van der Waals surface area contributed by atoms with E-state index in [-0.39, 0.29) is 34.4 Å². The Balaban J connectivity index is 1.28. The van der Waals surface area contributed by atoms with Gasteiger partial charge in [-0.15, -0.1) is 0 Å². The van der Waals surface area contributed by atoms with Crippen molar-refractivity contribution in [2.45, 2.75) is 115 Å². The number of hydrogen-bond acceptors (Lipinski definition) is 4. The number of aliphatic imine (C=N–C) groups is 2. The van der Waals surface area contributed by atoms with Gasteiger partial charge in [0.05, 0.1) is 12.1 Å². The van der Waals surface area contributed by atoms with Gasteiger partial charge < -0.3 is 10.2 Å². The van der Waals surface area contributed by atoms with Crippen LogP contribution in [0, 0.1) is 0 Å². The van der Waals surface area contributed by atoms with Crippen LogP contribution in [0.25, 0.3) is 0 Å². The molecule has 0 unspecified atom stereocenters. The average molecular weight is 795 g/mol. The Hall–Kier alpha value is -5.74. The van der Waals surface area contributed by atoms with Crippen LogP contribution in [0.5, 0.6) is 11.5 Å². The highest BCUT2D eigenvalue weighted by atomic mass is 16.3. The average Bonchev–Trinajstić information content (AvgIpc) is 3.27. The summed E-state index contributed by atoms with van der Waals surface area (Å²) in [6.07, 6.45) is 7.71. The molecule has 2 atom stereocenters. The quantitative estimate of drug-likeness (QED) is 0.121. The summed E-state index contributed by atoms with van der Waals surface area (Å²) in [6.45, 7) is 17.7. The Morgan fingerprint density at radius 1 is 0.400 bits per heavy atom. The Labute approximate surface area is 358 Å². The van der Waals surface area contributed by atoms with E-state index in [0.29, 0.717) is 11.1 Å². The van der Waals surface area contributed by atoms with Crippen molar-refractivity contribution >= 4 is 12.4 Å². The first-order valence-electron chi connectivity index (χ1n) is 21.7. The predicted molar refractivity (Wildman–Crippen MR) is 252 cm³/mol. The van der Waals surface area contributed by atoms with E-state index in [2.05, 4.69) is 189 Å². The lowest BCUT2D eigenvalue weighted by Crippen LogP contribution is -2.27. The Bertz CT molecular complexity index is 2270. The van der Waals surface area contributed by atoms with Gasteiger partial charge in [0.2, 0.25) is 0 Å². The summed E-state index contributed by atoms with van der Waals surface area (Å²) in [5.74, 6) is 0.514. The third-order valence-electron chi connectivity index (χ3n) is 13.6. The Kier molecular flexibility index (Phi) is 12.1. The molecule has 0 spiro atoms. The SMILES string of the molecule is CC(C)(c1ccccc1)c1cc(C=N[C@@H]2CCCC[C@H]2N=Cc2cc(C(C)(C)c3ccccc3)cc(C(C)(C)c3ccccc3)c2O)c(O)c(C(C)(C)c2ccccc2)c1. The van der Waals surface area contributed by atoms with E-state index in [0.717, 1.165) is 59.1 Å². The van der Waals surface area contributed by atoms with Crippen molar-refractivity contribution in [3.8, 4) is 11.5 Å². The van der Waals surface area contributed by atoms with E-state index in [1.807, 2.05) is 24.6 Å². The van der Waals surface area contributed by atoms with Crippen molar-refractivity contribution in [2.24, 2.45) is 9.98 Å². The van der Waals surface area contributed by atoms with Gasteiger partial charge in [-0.25, -0.2) is 0 Å². The molecule has 0 radical (unpaired) electrons. The molecule has 308 valence electrons. The van der Waals surface area contributed by atoms with Gasteiger partial charge in [0.15, 0.2) is 0 Å². The first-order chi connectivity index (χ1) is 28.6. The van der Waals surface area contributed by atoms with Crippen LogP contribution >= 0.6 is 0 Å². The maximum atomic E-state index is 12.1. The summed E-state index contributed by atoms with van der Waals surface area (Å²) < 4.78 is 0. The first-order valence-corrected chi connectivity index (χ1v) is 21.7. The first kappa shape index (κ1) is 42.4. The molecule has 0 saturated heterocycles.